The normalized spacial score (nSPS) is 10.8. The summed E-state index contributed by atoms with van der Waals surface area (Å²) in [5.74, 6) is -0.909. The molecule has 114 valence electrons. The lowest BCUT2D eigenvalue weighted by molar-refractivity contribution is -0.140. The number of carbonyl (C=O) groups excluding carboxylic acids is 2. The Kier molecular flexibility index (Phi) is 4.86. The first kappa shape index (κ1) is 15.4. The molecule has 2 rings (SSSR count). The maximum atomic E-state index is 11.7. The van der Waals surface area contributed by atoms with Crippen molar-refractivity contribution in [1.82, 2.24) is 14.6 Å². The topological polar surface area (TPSA) is 103 Å². The number of carbonyl (C=O) groups is 2. The fourth-order valence-corrected chi connectivity index (χ4v) is 2.66. The fraction of sp³-hybridized carbons (Fsp3) is 0.500. The van der Waals surface area contributed by atoms with Gasteiger partial charge in [0, 0.05) is 6.42 Å². The van der Waals surface area contributed by atoms with Crippen molar-refractivity contribution in [2.75, 3.05) is 13.7 Å². The summed E-state index contributed by atoms with van der Waals surface area (Å²) in [7, 11) is 1.33. The lowest BCUT2D eigenvalue weighted by atomic mass is 10.3. The summed E-state index contributed by atoms with van der Waals surface area (Å²) in [5.41, 5.74) is 0.349. The molecular weight excluding hydrogens is 298 g/mol. The van der Waals surface area contributed by atoms with Crippen molar-refractivity contribution in [3.63, 3.8) is 0 Å². The molecule has 0 unspecified atom stereocenters. The number of aliphatic hydroxyl groups excluding tert-OH is 1. The minimum Gasteiger partial charge on any atom is -0.469 e. The summed E-state index contributed by atoms with van der Waals surface area (Å²) >= 11 is 1.25. The van der Waals surface area contributed by atoms with Gasteiger partial charge in [0.1, 0.15) is 10.7 Å². The van der Waals surface area contributed by atoms with E-state index in [0.29, 0.717) is 16.4 Å². The summed E-state index contributed by atoms with van der Waals surface area (Å²) in [6.45, 7) is 1.54. The predicted octanol–water partition coefficient (Wildman–Crippen LogP) is 0.565. The molecule has 0 saturated carbocycles. The number of aliphatic hydroxyl groups is 1. The standard InChI is InChI=1S/C12H15N3O5S/c1-3-20-11(18)10-7(6-16)15-12(13-10)21-8(14-15)4-5-9(17)19-2/h16H,3-6H2,1-2H3. The highest BCUT2D eigenvalue weighted by molar-refractivity contribution is 7.16. The van der Waals surface area contributed by atoms with Crippen molar-refractivity contribution >= 4 is 28.2 Å². The number of aromatic nitrogens is 3. The van der Waals surface area contributed by atoms with Crippen LogP contribution < -0.4 is 0 Å². The number of aryl methyl sites for hydroxylation is 1. The molecule has 9 heteroatoms. The van der Waals surface area contributed by atoms with Crippen LogP contribution in [-0.2, 0) is 27.3 Å². The predicted molar refractivity (Wildman–Crippen MR) is 73.1 cm³/mol. The van der Waals surface area contributed by atoms with Gasteiger partial charge in [-0.1, -0.05) is 11.3 Å². The minimum atomic E-state index is -0.588. The van der Waals surface area contributed by atoms with Crippen LogP contribution in [0.1, 0.15) is 34.5 Å². The van der Waals surface area contributed by atoms with Crippen LogP contribution >= 0.6 is 11.3 Å². The smallest absolute Gasteiger partial charge is 0.359 e. The van der Waals surface area contributed by atoms with Crippen LogP contribution in [0.15, 0.2) is 0 Å². The highest BCUT2D eigenvalue weighted by Gasteiger charge is 2.22. The lowest BCUT2D eigenvalue weighted by Crippen LogP contribution is -2.09. The number of nitrogens with zero attached hydrogens (tertiary/aromatic N) is 3. The zero-order chi connectivity index (χ0) is 15.4. The highest BCUT2D eigenvalue weighted by atomic mass is 32.1. The molecule has 2 heterocycles. The molecule has 8 nitrogen and oxygen atoms in total. The summed E-state index contributed by atoms with van der Waals surface area (Å²) in [6, 6.07) is 0. The van der Waals surface area contributed by atoms with E-state index in [1.807, 2.05) is 0 Å². The van der Waals surface area contributed by atoms with Crippen molar-refractivity contribution < 1.29 is 24.2 Å². The van der Waals surface area contributed by atoms with Gasteiger partial charge in [-0.05, 0) is 6.92 Å². The molecule has 2 aromatic heterocycles. The molecule has 0 aliphatic carbocycles. The van der Waals surface area contributed by atoms with Crippen LogP contribution in [0.25, 0.3) is 4.96 Å². The molecule has 0 fully saturated rings. The van der Waals surface area contributed by atoms with E-state index in [0.717, 1.165) is 0 Å². The third-order valence-corrected chi connectivity index (χ3v) is 3.70. The van der Waals surface area contributed by atoms with Crippen molar-refractivity contribution in [3.05, 3.63) is 16.4 Å². The fourth-order valence-electron chi connectivity index (χ4n) is 1.75. The molecule has 0 aliphatic rings. The Labute approximate surface area is 124 Å². The van der Waals surface area contributed by atoms with E-state index in [1.54, 1.807) is 6.92 Å². The maximum absolute atomic E-state index is 11.7. The average Bonchev–Trinajstić information content (AvgIpc) is 3.01. The average molecular weight is 313 g/mol. The van der Waals surface area contributed by atoms with Gasteiger partial charge >= 0.3 is 11.9 Å². The Hall–Kier alpha value is -2.00. The van der Waals surface area contributed by atoms with E-state index in [4.69, 9.17) is 4.74 Å². The number of fused-ring (bicyclic) bond motifs is 1. The molecule has 0 amide bonds. The first-order valence-corrected chi connectivity index (χ1v) is 7.14. The second-order valence-corrected chi connectivity index (χ2v) is 5.09. The van der Waals surface area contributed by atoms with E-state index in [-0.39, 0.29) is 37.0 Å². The number of esters is 2. The van der Waals surface area contributed by atoms with Crippen molar-refractivity contribution in [1.29, 1.82) is 0 Å². The van der Waals surface area contributed by atoms with Gasteiger partial charge in [-0.3, -0.25) is 4.79 Å². The quantitative estimate of drug-likeness (QED) is 0.777. The van der Waals surface area contributed by atoms with E-state index >= 15 is 0 Å². The molecule has 0 radical (unpaired) electrons. The molecule has 21 heavy (non-hydrogen) atoms. The third kappa shape index (κ3) is 3.19. The number of imidazole rings is 1. The van der Waals surface area contributed by atoms with Gasteiger partial charge in [0.15, 0.2) is 5.69 Å². The monoisotopic (exact) mass is 313 g/mol. The van der Waals surface area contributed by atoms with Crippen molar-refractivity contribution in [2.24, 2.45) is 0 Å². The third-order valence-electron chi connectivity index (χ3n) is 2.73. The largest absolute Gasteiger partial charge is 0.469 e. The molecule has 1 N–H and O–H groups in total. The SMILES string of the molecule is CCOC(=O)c1nc2sc(CCC(=O)OC)nn2c1CO. The van der Waals surface area contributed by atoms with Gasteiger partial charge in [-0.25, -0.2) is 14.3 Å². The summed E-state index contributed by atoms with van der Waals surface area (Å²) in [6.07, 6.45) is 0.632. The van der Waals surface area contributed by atoms with Crippen LogP contribution in [0.3, 0.4) is 0 Å². The van der Waals surface area contributed by atoms with Crippen LogP contribution in [0.4, 0.5) is 0 Å². The number of hydrogen-bond donors (Lipinski definition) is 1. The molecule has 2 aromatic rings. The zero-order valence-corrected chi connectivity index (χ0v) is 12.5. The van der Waals surface area contributed by atoms with E-state index in [2.05, 4.69) is 14.8 Å². The summed E-state index contributed by atoms with van der Waals surface area (Å²) in [5, 5.41) is 14.3. The van der Waals surface area contributed by atoms with E-state index < -0.39 is 5.97 Å². The summed E-state index contributed by atoms with van der Waals surface area (Å²) in [4.78, 5) is 27.5. The van der Waals surface area contributed by atoms with Crippen LogP contribution in [-0.4, -0.2) is 45.4 Å². The summed E-state index contributed by atoms with van der Waals surface area (Å²) < 4.78 is 10.9. The first-order chi connectivity index (χ1) is 10.1. The molecule has 0 saturated heterocycles. The van der Waals surface area contributed by atoms with E-state index in [9.17, 15) is 14.7 Å². The van der Waals surface area contributed by atoms with Gasteiger partial charge in [-0.2, -0.15) is 5.10 Å². The highest BCUT2D eigenvalue weighted by Crippen LogP contribution is 2.21. The molecule has 0 bridgehead atoms. The number of ether oxygens (including phenoxy) is 2. The van der Waals surface area contributed by atoms with Crippen molar-refractivity contribution in [2.45, 2.75) is 26.4 Å². The number of hydrogen-bond acceptors (Lipinski definition) is 8. The van der Waals surface area contributed by atoms with Gasteiger partial charge in [-0.15, -0.1) is 0 Å². The van der Waals surface area contributed by atoms with E-state index in [1.165, 1.54) is 23.0 Å². The molecular formula is C12H15N3O5S. The Balaban J connectivity index is 2.26. The maximum Gasteiger partial charge on any atom is 0.359 e. The Morgan fingerprint density at radius 2 is 2.19 bits per heavy atom. The molecule has 0 aliphatic heterocycles. The Bertz CT molecular complexity index is 663. The first-order valence-electron chi connectivity index (χ1n) is 6.32. The Morgan fingerprint density at radius 3 is 2.81 bits per heavy atom. The van der Waals surface area contributed by atoms with Gasteiger partial charge in [0.25, 0.3) is 0 Å². The lowest BCUT2D eigenvalue weighted by Gasteiger charge is -2.00. The van der Waals surface area contributed by atoms with Crippen LogP contribution in [0.5, 0.6) is 0 Å². The second kappa shape index (κ2) is 6.64. The number of methoxy groups -OCH3 is 1. The minimum absolute atomic E-state index is 0.0672. The van der Waals surface area contributed by atoms with Gasteiger partial charge < -0.3 is 14.6 Å². The van der Waals surface area contributed by atoms with Crippen molar-refractivity contribution in [3.8, 4) is 0 Å². The van der Waals surface area contributed by atoms with Gasteiger partial charge in [0.2, 0.25) is 4.96 Å². The second-order valence-electron chi connectivity index (χ2n) is 4.05. The molecule has 0 atom stereocenters. The number of rotatable bonds is 6. The Morgan fingerprint density at radius 1 is 1.43 bits per heavy atom. The van der Waals surface area contributed by atoms with Crippen LogP contribution in [0.2, 0.25) is 0 Å². The molecule has 0 aromatic carbocycles. The van der Waals surface area contributed by atoms with Crippen LogP contribution in [0, 0.1) is 0 Å². The molecule has 0 spiro atoms. The van der Waals surface area contributed by atoms with Gasteiger partial charge in [0.05, 0.1) is 26.7 Å². The zero-order valence-electron chi connectivity index (χ0n) is 11.7.